The Morgan fingerprint density at radius 1 is 1.00 bits per heavy atom. The third kappa shape index (κ3) is 3.00. The minimum Gasteiger partial charge on any atom is -0.461 e. The lowest BCUT2D eigenvalue weighted by molar-refractivity contribution is 0.100. The maximum Gasteiger partial charge on any atom is 0.248 e. The number of aliphatic imine (C=N–C) groups is 1. The molecule has 6 heteroatoms. The molecule has 0 fully saturated rings. The number of para-hydroxylation sites is 2. The summed E-state index contributed by atoms with van der Waals surface area (Å²) < 4.78 is 6.73. The Kier molecular flexibility index (Phi) is 4.02. The molecule has 1 aliphatic heterocycles. The van der Waals surface area contributed by atoms with Gasteiger partial charge >= 0.3 is 0 Å². The van der Waals surface area contributed by atoms with Crippen LogP contribution in [0, 0.1) is 5.41 Å². The summed E-state index contributed by atoms with van der Waals surface area (Å²) in [4.78, 5) is 17.6. The number of hydrogen-bond donors (Lipinski definition) is 1. The Morgan fingerprint density at radius 3 is 2.55 bits per heavy atom. The van der Waals surface area contributed by atoms with E-state index in [2.05, 4.69) is 5.10 Å². The SMILES string of the molecule is N=c1c(C2=Nc3ccccc3C2)cc(C(=O)c2ccco2)nn1-c1ccccc1. The highest BCUT2D eigenvalue weighted by molar-refractivity contribution is 6.10. The molecule has 0 aliphatic carbocycles. The van der Waals surface area contributed by atoms with E-state index in [1.165, 1.54) is 10.9 Å². The summed E-state index contributed by atoms with van der Waals surface area (Å²) in [6.07, 6.45) is 2.06. The smallest absolute Gasteiger partial charge is 0.248 e. The Hall–Kier alpha value is -4.06. The van der Waals surface area contributed by atoms with E-state index >= 15 is 0 Å². The van der Waals surface area contributed by atoms with Crippen molar-refractivity contribution in [3.05, 3.63) is 107 Å². The molecular weight excluding hydrogens is 364 g/mol. The second-order valence-corrected chi connectivity index (χ2v) is 6.71. The average Bonchev–Trinajstić information content (AvgIpc) is 3.44. The molecule has 0 saturated heterocycles. The maximum absolute atomic E-state index is 12.9. The normalized spacial score (nSPS) is 12.5. The molecule has 0 bridgehead atoms. The Morgan fingerprint density at radius 2 is 1.79 bits per heavy atom. The molecule has 6 nitrogen and oxygen atoms in total. The number of rotatable bonds is 4. The van der Waals surface area contributed by atoms with Crippen molar-refractivity contribution in [3.63, 3.8) is 0 Å². The number of hydrogen-bond acceptors (Lipinski definition) is 5. The van der Waals surface area contributed by atoms with Gasteiger partial charge in [0, 0.05) is 12.0 Å². The predicted octanol–water partition coefficient (Wildman–Crippen LogP) is 3.85. The third-order valence-corrected chi connectivity index (χ3v) is 4.85. The molecule has 2 aromatic heterocycles. The third-order valence-electron chi connectivity index (χ3n) is 4.85. The van der Waals surface area contributed by atoms with Gasteiger partial charge in [0.15, 0.2) is 11.2 Å². The number of aromatic nitrogens is 2. The van der Waals surface area contributed by atoms with Gasteiger partial charge in [-0.15, -0.1) is 0 Å². The van der Waals surface area contributed by atoms with Gasteiger partial charge in [0.2, 0.25) is 5.78 Å². The molecule has 0 saturated carbocycles. The predicted molar refractivity (Wildman–Crippen MR) is 108 cm³/mol. The van der Waals surface area contributed by atoms with Gasteiger partial charge in [-0.3, -0.25) is 15.2 Å². The molecule has 1 N–H and O–H groups in total. The van der Waals surface area contributed by atoms with Gasteiger partial charge in [-0.1, -0.05) is 36.4 Å². The molecule has 5 rings (SSSR count). The van der Waals surface area contributed by atoms with Crippen molar-refractivity contribution in [2.75, 3.05) is 0 Å². The fourth-order valence-electron chi connectivity index (χ4n) is 3.42. The summed E-state index contributed by atoms with van der Waals surface area (Å²) in [5, 5.41) is 13.2. The average molecular weight is 380 g/mol. The molecular formula is C23H16N4O2. The molecule has 29 heavy (non-hydrogen) atoms. The minimum atomic E-state index is -0.336. The van der Waals surface area contributed by atoms with Gasteiger partial charge in [-0.25, -0.2) is 4.68 Å². The van der Waals surface area contributed by atoms with Gasteiger partial charge in [0.05, 0.1) is 23.3 Å². The first kappa shape index (κ1) is 17.1. The molecule has 4 aromatic rings. The molecule has 3 heterocycles. The van der Waals surface area contributed by atoms with E-state index in [0.29, 0.717) is 17.7 Å². The zero-order valence-corrected chi connectivity index (χ0v) is 15.4. The Balaban J connectivity index is 1.70. The largest absolute Gasteiger partial charge is 0.461 e. The molecule has 1 aliphatic rings. The van der Waals surface area contributed by atoms with Crippen LogP contribution in [0.15, 0.2) is 88.5 Å². The van der Waals surface area contributed by atoms with E-state index in [1.54, 1.807) is 18.2 Å². The first-order chi connectivity index (χ1) is 14.2. The zero-order chi connectivity index (χ0) is 19.8. The quantitative estimate of drug-likeness (QED) is 0.546. The van der Waals surface area contributed by atoms with Crippen molar-refractivity contribution >= 4 is 17.2 Å². The Labute approximate surface area is 166 Å². The number of benzene rings is 2. The van der Waals surface area contributed by atoms with E-state index in [-0.39, 0.29) is 22.7 Å². The van der Waals surface area contributed by atoms with E-state index in [9.17, 15) is 4.79 Å². The minimum absolute atomic E-state index is 0.179. The summed E-state index contributed by atoms with van der Waals surface area (Å²) in [6, 6.07) is 22.1. The van der Waals surface area contributed by atoms with Gasteiger partial charge in [0.25, 0.3) is 0 Å². The zero-order valence-electron chi connectivity index (χ0n) is 15.4. The number of nitrogens with zero attached hydrogens (tertiary/aromatic N) is 3. The van der Waals surface area contributed by atoms with Crippen LogP contribution >= 0.6 is 0 Å². The molecule has 0 unspecified atom stereocenters. The van der Waals surface area contributed by atoms with Crippen molar-refractivity contribution in [3.8, 4) is 5.69 Å². The second-order valence-electron chi connectivity index (χ2n) is 6.71. The van der Waals surface area contributed by atoms with Crippen molar-refractivity contribution in [2.45, 2.75) is 6.42 Å². The molecule has 0 radical (unpaired) electrons. The van der Waals surface area contributed by atoms with E-state index in [1.807, 2.05) is 54.6 Å². The highest BCUT2D eigenvalue weighted by Crippen LogP contribution is 2.27. The summed E-state index contributed by atoms with van der Waals surface area (Å²) in [5.41, 5.74) is 4.40. The second kappa shape index (κ2) is 6.83. The van der Waals surface area contributed by atoms with Gasteiger partial charge in [-0.05, 0) is 42.0 Å². The highest BCUT2D eigenvalue weighted by atomic mass is 16.3. The summed E-state index contributed by atoms with van der Waals surface area (Å²) >= 11 is 0. The van der Waals surface area contributed by atoms with Gasteiger partial charge in [-0.2, -0.15) is 5.10 Å². The lowest BCUT2D eigenvalue weighted by Gasteiger charge is -2.11. The van der Waals surface area contributed by atoms with E-state index in [4.69, 9.17) is 14.8 Å². The fraction of sp³-hybridized carbons (Fsp3) is 0.0435. The monoisotopic (exact) mass is 380 g/mol. The summed E-state index contributed by atoms with van der Waals surface area (Å²) in [7, 11) is 0. The molecule has 2 aromatic carbocycles. The fourth-order valence-corrected chi connectivity index (χ4v) is 3.42. The standard InChI is InChI=1S/C23H16N4O2/c24-23-17(19-13-15-7-4-5-10-18(15)25-19)14-20(22(28)21-11-6-12-29-21)26-27(23)16-8-2-1-3-9-16/h1-12,14,24H,13H2. The van der Waals surface area contributed by atoms with Crippen molar-refractivity contribution < 1.29 is 9.21 Å². The van der Waals surface area contributed by atoms with Crippen LogP contribution in [0.1, 0.15) is 27.4 Å². The van der Waals surface area contributed by atoms with Gasteiger partial charge in [0.1, 0.15) is 5.69 Å². The first-order valence-corrected chi connectivity index (χ1v) is 9.19. The van der Waals surface area contributed by atoms with Crippen LogP contribution in [-0.4, -0.2) is 21.3 Å². The van der Waals surface area contributed by atoms with E-state index < -0.39 is 0 Å². The molecule has 140 valence electrons. The number of fused-ring (bicyclic) bond motifs is 1. The van der Waals surface area contributed by atoms with Crippen LogP contribution in [0.3, 0.4) is 0 Å². The molecule has 0 amide bonds. The lowest BCUT2D eigenvalue weighted by atomic mass is 10.0. The van der Waals surface area contributed by atoms with E-state index in [0.717, 1.165) is 17.0 Å². The van der Waals surface area contributed by atoms with Crippen LogP contribution in [0.5, 0.6) is 0 Å². The Bertz CT molecular complexity index is 1300. The van der Waals surface area contributed by atoms with Crippen LogP contribution in [0.2, 0.25) is 0 Å². The number of ketones is 1. The van der Waals surface area contributed by atoms with Crippen LogP contribution < -0.4 is 5.49 Å². The number of carbonyl (C=O) groups excluding carboxylic acids is 1. The number of furan rings is 1. The van der Waals surface area contributed by atoms with Crippen molar-refractivity contribution in [2.24, 2.45) is 4.99 Å². The van der Waals surface area contributed by atoms with Crippen LogP contribution in [0.25, 0.3) is 5.69 Å². The molecule has 0 spiro atoms. The lowest BCUT2D eigenvalue weighted by Crippen LogP contribution is -2.30. The van der Waals surface area contributed by atoms with Crippen LogP contribution in [0.4, 0.5) is 5.69 Å². The van der Waals surface area contributed by atoms with Crippen molar-refractivity contribution in [1.29, 1.82) is 5.41 Å². The summed E-state index contributed by atoms with van der Waals surface area (Å²) in [6.45, 7) is 0. The number of carbonyl (C=O) groups is 1. The molecule has 0 atom stereocenters. The van der Waals surface area contributed by atoms with Gasteiger partial charge < -0.3 is 4.42 Å². The highest BCUT2D eigenvalue weighted by Gasteiger charge is 2.22. The number of nitrogens with one attached hydrogen (secondary N) is 1. The maximum atomic E-state index is 12.9. The van der Waals surface area contributed by atoms with Crippen LogP contribution in [-0.2, 0) is 6.42 Å². The summed E-state index contributed by atoms with van der Waals surface area (Å²) in [5.74, 6) is -0.130. The first-order valence-electron chi connectivity index (χ1n) is 9.19. The topological polar surface area (TPSA) is 84.2 Å². The van der Waals surface area contributed by atoms with Crippen molar-refractivity contribution in [1.82, 2.24) is 9.78 Å².